The van der Waals surface area contributed by atoms with Crippen molar-refractivity contribution in [2.45, 2.75) is 12.8 Å². The first-order valence-corrected chi connectivity index (χ1v) is 4.56. The molecule has 0 saturated heterocycles. The van der Waals surface area contributed by atoms with E-state index in [9.17, 15) is 9.18 Å². The van der Waals surface area contributed by atoms with Crippen LogP contribution in [0.5, 0.6) is 0 Å². The molecular weight excluding hydrogens is 200 g/mol. The zero-order chi connectivity index (χ0) is 11.0. The molecule has 0 aromatic heterocycles. The molecule has 0 aliphatic carbocycles. The van der Waals surface area contributed by atoms with Crippen LogP contribution in [-0.4, -0.2) is 23.1 Å². The largest absolute Gasteiger partial charge is 0.491 e. The van der Waals surface area contributed by atoms with Gasteiger partial charge >= 0.3 is 7.12 Å². The van der Waals surface area contributed by atoms with Crippen LogP contribution in [0.1, 0.15) is 12.0 Å². The van der Waals surface area contributed by atoms with Crippen LogP contribution >= 0.6 is 0 Å². The van der Waals surface area contributed by atoms with Crippen molar-refractivity contribution in [2.24, 2.45) is 0 Å². The van der Waals surface area contributed by atoms with Crippen LogP contribution in [0, 0.1) is 5.82 Å². The number of carbonyl (C=O) groups is 1. The molecule has 0 bridgehead atoms. The number of hydrogen-bond donors (Lipinski definition) is 3. The van der Waals surface area contributed by atoms with E-state index in [2.05, 4.69) is 5.32 Å². The van der Waals surface area contributed by atoms with Crippen LogP contribution in [-0.2, 0) is 11.2 Å². The van der Waals surface area contributed by atoms with E-state index in [4.69, 9.17) is 10.0 Å². The van der Waals surface area contributed by atoms with Crippen molar-refractivity contribution in [1.29, 1.82) is 0 Å². The van der Waals surface area contributed by atoms with Gasteiger partial charge in [0.25, 0.3) is 0 Å². The summed E-state index contributed by atoms with van der Waals surface area (Å²) in [6.45, 7) is 0. The molecule has 1 aliphatic rings. The van der Waals surface area contributed by atoms with Gasteiger partial charge in [-0.1, -0.05) is 6.07 Å². The van der Waals surface area contributed by atoms with Gasteiger partial charge in [0.05, 0.1) is 0 Å². The van der Waals surface area contributed by atoms with E-state index in [1.807, 2.05) is 0 Å². The first-order valence-electron chi connectivity index (χ1n) is 4.56. The molecule has 0 unspecified atom stereocenters. The molecule has 78 valence electrons. The predicted octanol–water partition coefficient (Wildman–Crippen LogP) is -0.610. The lowest BCUT2D eigenvalue weighted by molar-refractivity contribution is -0.116. The van der Waals surface area contributed by atoms with Crippen LogP contribution in [0.3, 0.4) is 0 Å². The number of benzene rings is 1. The molecule has 1 heterocycles. The lowest BCUT2D eigenvalue weighted by Gasteiger charge is -2.18. The maximum absolute atomic E-state index is 13.3. The quantitative estimate of drug-likeness (QED) is 0.540. The number of rotatable bonds is 1. The van der Waals surface area contributed by atoms with Crippen LogP contribution < -0.4 is 10.8 Å². The maximum atomic E-state index is 13.3. The van der Waals surface area contributed by atoms with E-state index in [1.165, 1.54) is 6.07 Å². The molecule has 1 aromatic rings. The molecule has 1 aromatic carbocycles. The summed E-state index contributed by atoms with van der Waals surface area (Å²) < 4.78 is 13.3. The Bertz CT molecular complexity index is 422. The highest BCUT2D eigenvalue weighted by Gasteiger charge is 2.22. The zero-order valence-corrected chi connectivity index (χ0v) is 7.83. The summed E-state index contributed by atoms with van der Waals surface area (Å²) in [6.07, 6.45) is 0.820. The van der Waals surface area contributed by atoms with Crippen LogP contribution in [0.25, 0.3) is 0 Å². The summed E-state index contributed by atoms with van der Waals surface area (Å²) in [7, 11) is -1.83. The molecule has 0 spiro atoms. The Morgan fingerprint density at radius 2 is 2.07 bits per heavy atom. The van der Waals surface area contributed by atoms with Gasteiger partial charge in [0.1, 0.15) is 5.82 Å². The number of aryl methyl sites for hydroxylation is 1. The third-order valence-electron chi connectivity index (χ3n) is 2.40. The molecule has 0 radical (unpaired) electrons. The van der Waals surface area contributed by atoms with Crippen LogP contribution in [0.15, 0.2) is 12.1 Å². The molecular formula is C9H9BFNO3. The third kappa shape index (κ3) is 1.86. The summed E-state index contributed by atoms with van der Waals surface area (Å²) in [5.74, 6) is -0.884. The first-order chi connectivity index (χ1) is 7.08. The minimum Gasteiger partial charge on any atom is -0.423 e. The van der Waals surface area contributed by atoms with Crippen molar-refractivity contribution in [3.8, 4) is 0 Å². The number of halogens is 1. The molecule has 15 heavy (non-hydrogen) atoms. The maximum Gasteiger partial charge on any atom is 0.491 e. The SMILES string of the molecule is O=C1CCc2cc(B(O)O)c(F)cc2N1. The molecule has 1 amide bonds. The van der Waals surface area contributed by atoms with Gasteiger partial charge in [-0.2, -0.15) is 0 Å². The van der Waals surface area contributed by atoms with Gasteiger partial charge in [0.15, 0.2) is 0 Å². The Labute approximate surface area is 85.9 Å². The minimum atomic E-state index is -1.83. The van der Waals surface area contributed by atoms with Gasteiger partial charge in [-0.25, -0.2) is 4.39 Å². The highest BCUT2D eigenvalue weighted by molar-refractivity contribution is 6.58. The fraction of sp³-hybridized carbons (Fsp3) is 0.222. The summed E-state index contributed by atoms with van der Waals surface area (Å²) in [4.78, 5) is 11.0. The van der Waals surface area contributed by atoms with Crippen LogP contribution in [0.2, 0.25) is 0 Å². The number of amides is 1. The number of carbonyl (C=O) groups excluding carboxylic acids is 1. The molecule has 2 rings (SSSR count). The van der Waals surface area contributed by atoms with E-state index in [0.717, 1.165) is 11.6 Å². The smallest absolute Gasteiger partial charge is 0.423 e. The van der Waals surface area contributed by atoms with Crippen molar-refractivity contribution in [1.82, 2.24) is 0 Å². The van der Waals surface area contributed by atoms with Crippen molar-refractivity contribution < 1.29 is 19.2 Å². The number of fused-ring (bicyclic) bond motifs is 1. The van der Waals surface area contributed by atoms with E-state index in [1.54, 1.807) is 0 Å². The zero-order valence-electron chi connectivity index (χ0n) is 7.83. The highest BCUT2D eigenvalue weighted by Crippen LogP contribution is 2.22. The van der Waals surface area contributed by atoms with Gasteiger partial charge in [0, 0.05) is 17.6 Å². The average Bonchev–Trinajstić information content (AvgIpc) is 2.15. The van der Waals surface area contributed by atoms with E-state index >= 15 is 0 Å². The Balaban J connectivity index is 2.46. The molecule has 1 aliphatic heterocycles. The van der Waals surface area contributed by atoms with Gasteiger partial charge in [0.2, 0.25) is 5.91 Å². The summed E-state index contributed by atoms with van der Waals surface area (Å²) >= 11 is 0. The number of hydrogen-bond acceptors (Lipinski definition) is 3. The topological polar surface area (TPSA) is 69.6 Å². The van der Waals surface area contributed by atoms with Crippen molar-refractivity contribution in [2.75, 3.05) is 5.32 Å². The second-order valence-electron chi connectivity index (χ2n) is 3.45. The highest BCUT2D eigenvalue weighted by atomic mass is 19.1. The molecule has 3 N–H and O–H groups in total. The average molecular weight is 209 g/mol. The second-order valence-corrected chi connectivity index (χ2v) is 3.45. The van der Waals surface area contributed by atoms with Gasteiger partial charge in [-0.3, -0.25) is 4.79 Å². The monoisotopic (exact) mass is 209 g/mol. The summed E-state index contributed by atoms with van der Waals surface area (Å²) in [5, 5.41) is 20.3. The van der Waals surface area contributed by atoms with Gasteiger partial charge in [-0.15, -0.1) is 0 Å². The van der Waals surface area contributed by atoms with Gasteiger partial charge in [-0.05, 0) is 18.1 Å². The number of anilines is 1. The minimum absolute atomic E-state index is 0.154. The lowest BCUT2D eigenvalue weighted by atomic mass is 9.78. The van der Waals surface area contributed by atoms with Crippen molar-refractivity contribution in [3.05, 3.63) is 23.5 Å². The fourth-order valence-corrected chi connectivity index (χ4v) is 1.62. The standard InChI is InChI=1S/C9H9BFNO3/c11-7-4-8-5(1-2-9(13)12-8)3-6(7)10(14)15/h3-4,14-15H,1-2H2,(H,12,13). The van der Waals surface area contributed by atoms with Crippen molar-refractivity contribution >= 4 is 24.2 Å². The Morgan fingerprint density at radius 3 is 2.73 bits per heavy atom. The molecule has 0 saturated carbocycles. The first kappa shape index (κ1) is 10.1. The Hall–Kier alpha value is -1.40. The molecule has 0 fully saturated rings. The summed E-state index contributed by atoms with van der Waals surface area (Å²) in [5.41, 5.74) is 0.970. The second kappa shape index (κ2) is 3.64. The normalized spacial score (nSPS) is 14.5. The predicted molar refractivity (Wildman–Crippen MR) is 53.2 cm³/mol. The Morgan fingerprint density at radius 1 is 1.33 bits per heavy atom. The molecule has 6 heteroatoms. The number of nitrogens with one attached hydrogen (secondary N) is 1. The lowest BCUT2D eigenvalue weighted by Crippen LogP contribution is -2.34. The van der Waals surface area contributed by atoms with E-state index < -0.39 is 12.9 Å². The molecule has 0 atom stereocenters. The fourth-order valence-electron chi connectivity index (χ4n) is 1.62. The molecule has 4 nitrogen and oxygen atoms in total. The van der Waals surface area contributed by atoms with E-state index in [0.29, 0.717) is 18.5 Å². The van der Waals surface area contributed by atoms with E-state index in [-0.39, 0.29) is 11.4 Å². The summed E-state index contributed by atoms with van der Waals surface area (Å²) in [6, 6.07) is 2.48. The third-order valence-corrected chi connectivity index (χ3v) is 2.40. The Kier molecular flexibility index (Phi) is 2.46. The van der Waals surface area contributed by atoms with Crippen LogP contribution in [0.4, 0.5) is 10.1 Å². The van der Waals surface area contributed by atoms with Gasteiger partial charge < -0.3 is 15.4 Å². The van der Waals surface area contributed by atoms with Crippen molar-refractivity contribution in [3.63, 3.8) is 0 Å².